The molecule has 35 heavy (non-hydrogen) atoms. The molecular weight excluding hydrogens is 444 g/mol. The zero-order valence-corrected chi connectivity index (χ0v) is 20.8. The number of hydrogen-bond donors (Lipinski definition) is 6. The summed E-state index contributed by atoms with van der Waals surface area (Å²) in [6.07, 6.45) is 2.48. The molecule has 0 aliphatic rings. The van der Waals surface area contributed by atoms with E-state index in [4.69, 9.17) is 17.2 Å². The van der Waals surface area contributed by atoms with Crippen LogP contribution in [0.1, 0.15) is 48.4 Å². The van der Waals surface area contributed by atoms with Crippen LogP contribution in [0.25, 0.3) is 0 Å². The normalized spacial score (nSPS) is 13.4. The minimum atomic E-state index is -1.66. The van der Waals surface area contributed by atoms with Gasteiger partial charge in [-0.3, -0.25) is 9.59 Å². The highest BCUT2D eigenvalue weighted by atomic mass is 16.3. The molecule has 9 nitrogen and oxygen atoms in total. The van der Waals surface area contributed by atoms with Crippen LogP contribution in [0.4, 0.5) is 0 Å². The van der Waals surface area contributed by atoms with E-state index in [-0.39, 0.29) is 24.6 Å². The first-order chi connectivity index (χ1) is 16.6. The van der Waals surface area contributed by atoms with Crippen LogP contribution < -0.4 is 27.8 Å². The summed E-state index contributed by atoms with van der Waals surface area (Å²) in [7, 11) is 0. The van der Waals surface area contributed by atoms with Crippen LogP contribution in [-0.4, -0.2) is 41.1 Å². The number of carbonyl (C=O) groups is 2. The number of nitrogens with two attached hydrogens (primary N) is 3. The molecule has 2 aromatic carbocycles. The van der Waals surface area contributed by atoms with Crippen LogP contribution in [-0.2, 0) is 22.4 Å². The molecule has 0 aliphatic carbocycles. The van der Waals surface area contributed by atoms with E-state index < -0.39 is 23.5 Å². The Kier molecular flexibility index (Phi) is 10.1. The molecule has 2 atom stereocenters. The molecule has 0 saturated carbocycles. The van der Waals surface area contributed by atoms with Gasteiger partial charge in [0.2, 0.25) is 11.6 Å². The molecule has 0 spiro atoms. The van der Waals surface area contributed by atoms with Crippen LogP contribution >= 0.6 is 0 Å². The number of nitrogens with one attached hydrogen (secondary N) is 2. The van der Waals surface area contributed by atoms with Gasteiger partial charge in [0.25, 0.3) is 5.91 Å². The molecule has 190 valence electrons. The van der Waals surface area contributed by atoms with Gasteiger partial charge < -0.3 is 32.9 Å². The van der Waals surface area contributed by atoms with Gasteiger partial charge in [-0.15, -0.1) is 0 Å². The van der Waals surface area contributed by atoms with E-state index in [0.717, 1.165) is 23.1 Å². The molecule has 0 radical (unpaired) electrons. The molecule has 0 heterocycles. The molecular formula is C26H38N6O3. The number of aliphatic imine (C=N–C) groups is 1. The monoisotopic (exact) mass is 482 g/mol. The zero-order valence-electron chi connectivity index (χ0n) is 20.8. The first-order valence-electron chi connectivity index (χ1n) is 11.9. The van der Waals surface area contributed by atoms with E-state index in [1.54, 1.807) is 12.1 Å². The molecule has 0 saturated heterocycles. The second kappa shape index (κ2) is 12.8. The predicted octanol–water partition coefficient (Wildman–Crippen LogP) is 1.51. The molecule has 0 fully saturated rings. The number of carbonyl (C=O) groups excluding carboxylic acids is 2. The minimum Gasteiger partial charge on any atom is -0.508 e. The Morgan fingerprint density at radius 3 is 2.31 bits per heavy atom. The number of amides is 2. The van der Waals surface area contributed by atoms with E-state index in [0.29, 0.717) is 19.4 Å². The second-order valence-electron chi connectivity index (χ2n) is 8.85. The highest BCUT2D eigenvalue weighted by Crippen LogP contribution is 2.22. The van der Waals surface area contributed by atoms with E-state index >= 15 is 0 Å². The van der Waals surface area contributed by atoms with Crippen molar-refractivity contribution in [3.05, 3.63) is 64.7 Å². The topological polar surface area (TPSA) is 169 Å². The zero-order chi connectivity index (χ0) is 26.0. The molecule has 0 aliphatic heterocycles. The first-order valence-corrected chi connectivity index (χ1v) is 11.9. The summed E-state index contributed by atoms with van der Waals surface area (Å²) in [6.45, 7) is 5.95. The molecule has 1 unspecified atom stereocenters. The lowest BCUT2D eigenvalue weighted by molar-refractivity contribution is -0.134. The Labute approximate surface area is 207 Å². The van der Waals surface area contributed by atoms with Crippen molar-refractivity contribution >= 4 is 17.8 Å². The van der Waals surface area contributed by atoms with Gasteiger partial charge >= 0.3 is 0 Å². The minimum absolute atomic E-state index is 0.153. The second-order valence-corrected chi connectivity index (χ2v) is 8.85. The van der Waals surface area contributed by atoms with Crippen molar-refractivity contribution < 1.29 is 14.7 Å². The van der Waals surface area contributed by atoms with Crippen LogP contribution in [0.5, 0.6) is 5.75 Å². The highest BCUT2D eigenvalue weighted by Gasteiger charge is 2.40. The molecule has 0 aromatic heterocycles. The number of rotatable bonds is 12. The Bertz CT molecular complexity index is 1010. The Morgan fingerprint density at radius 1 is 1.11 bits per heavy atom. The smallest absolute Gasteiger partial charge is 0.268 e. The number of phenolic OH excluding ortho intramolecular Hbond substituents is 1. The van der Waals surface area contributed by atoms with Gasteiger partial charge in [0.1, 0.15) is 5.75 Å². The molecule has 0 bridgehead atoms. The number of nitrogens with zero attached hydrogens (tertiary/aromatic N) is 1. The van der Waals surface area contributed by atoms with Crippen molar-refractivity contribution in [1.82, 2.24) is 10.6 Å². The Balaban J connectivity index is 2.13. The van der Waals surface area contributed by atoms with Crippen molar-refractivity contribution in [3.8, 4) is 5.75 Å². The number of aryl methyl sites for hydroxylation is 3. The summed E-state index contributed by atoms with van der Waals surface area (Å²) in [5.74, 6) is -1.19. The Hall–Kier alpha value is -3.59. The number of phenols is 1. The number of guanidine groups is 1. The molecule has 9 N–H and O–H groups in total. The molecule has 9 heteroatoms. The summed E-state index contributed by atoms with van der Waals surface area (Å²) in [5.41, 5.74) is 19.5. The fourth-order valence-corrected chi connectivity index (χ4v) is 4.14. The van der Waals surface area contributed by atoms with E-state index in [1.165, 1.54) is 5.56 Å². The van der Waals surface area contributed by atoms with Crippen LogP contribution in [0.15, 0.2) is 47.5 Å². The quantitative estimate of drug-likeness (QED) is 0.152. The summed E-state index contributed by atoms with van der Waals surface area (Å²) < 4.78 is 0. The van der Waals surface area contributed by atoms with Gasteiger partial charge in [0.15, 0.2) is 5.96 Å². The average Bonchev–Trinajstić information content (AvgIpc) is 2.79. The van der Waals surface area contributed by atoms with Crippen molar-refractivity contribution in [3.63, 3.8) is 0 Å². The maximum absolute atomic E-state index is 13.3. The van der Waals surface area contributed by atoms with Gasteiger partial charge in [0.05, 0.1) is 6.04 Å². The molecule has 2 rings (SSSR count). The summed E-state index contributed by atoms with van der Waals surface area (Å²) in [6, 6.07) is 12.2. The number of benzene rings is 2. The van der Waals surface area contributed by atoms with Gasteiger partial charge in [-0.25, -0.2) is 4.99 Å². The summed E-state index contributed by atoms with van der Waals surface area (Å²) in [5, 5.41) is 15.4. The van der Waals surface area contributed by atoms with E-state index in [9.17, 15) is 14.7 Å². The standard InChI is InChI=1S/C26H38N6O3/c1-4-12-26(32-25(28)29,24(35)30-13-8-11-19-9-6-5-7-10-19)31-23(34)22(27)16-21-17(2)14-20(33)15-18(21)3/h5-7,9-10,14-15,22,33H,4,8,11-13,16,27H2,1-3H3,(H,30,35)(H,31,34)(H4,28,29,32)/t22?,26-/m0/s1. The highest BCUT2D eigenvalue weighted by molar-refractivity contribution is 5.95. The van der Waals surface area contributed by atoms with Crippen LogP contribution in [0.3, 0.4) is 0 Å². The van der Waals surface area contributed by atoms with Crippen LogP contribution in [0.2, 0.25) is 0 Å². The van der Waals surface area contributed by atoms with Gasteiger partial charge in [-0.1, -0.05) is 43.7 Å². The fraction of sp³-hybridized carbons (Fsp3) is 0.423. The number of hydrogen-bond acceptors (Lipinski definition) is 5. The van der Waals surface area contributed by atoms with Crippen LogP contribution in [0, 0.1) is 13.8 Å². The third-order valence-electron chi connectivity index (χ3n) is 5.85. The molecule has 2 aromatic rings. The SMILES string of the molecule is CCC[C@@](N=C(N)N)(NC(=O)C(N)Cc1c(C)cc(O)cc1C)C(=O)NCCCc1ccccc1. The molecule has 2 amide bonds. The lowest BCUT2D eigenvalue weighted by atomic mass is 9.95. The van der Waals surface area contributed by atoms with Crippen molar-refractivity contribution in [2.24, 2.45) is 22.2 Å². The summed E-state index contributed by atoms with van der Waals surface area (Å²) in [4.78, 5) is 30.5. The lowest BCUT2D eigenvalue weighted by Crippen LogP contribution is -2.61. The maximum Gasteiger partial charge on any atom is 0.268 e. The maximum atomic E-state index is 13.3. The van der Waals surface area contributed by atoms with E-state index in [2.05, 4.69) is 15.6 Å². The van der Waals surface area contributed by atoms with E-state index in [1.807, 2.05) is 51.1 Å². The number of aromatic hydroxyl groups is 1. The van der Waals surface area contributed by atoms with Crippen molar-refractivity contribution in [2.75, 3.05) is 6.54 Å². The van der Waals surface area contributed by atoms with Crippen molar-refractivity contribution in [2.45, 2.75) is 64.6 Å². The van der Waals surface area contributed by atoms with Gasteiger partial charge in [-0.05, 0) is 67.5 Å². The first kappa shape index (κ1) is 27.7. The third kappa shape index (κ3) is 7.99. The fourth-order valence-electron chi connectivity index (χ4n) is 4.14. The van der Waals surface area contributed by atoms with Gasteiger partial charge in [-0.2, -0.15) is 0 Å². The lowest BCUT2D eigenvalue weighted by Gasteiger charge is -2.31. The third-order valence-corrected chi connectivity index (χ3v) is 5.85. The Morgan fingerprint density at radius 2 is 1.74 bits per heavy atom. The van der Waals surface area contributed by atoms with Crippen molar-refractivity contribution in [1.29, 1.82) is 0 Å². The average molecular weight is 483 g/mol. The predicted molar refractivity (Wildman–Crippen MR) is 139 cm³/mol. The summed E-state index contributed by atoms with van der Waals surface area (Å²) >= 11 is 0. The largest absolute Gasteiger partial charge is 0.508 e. The van der Waals surface area contributed by atoms with Gasteiger partial charge in [0, 0.05) is 13.0 Å².